The van der Waals surface area contributed by atoms with E-state index in [0.717, 1.165) is 18.5 Å². The van der Waals surface area contributed by atoms with Gasteiger partial charge in [-0.3, -0.25) is 10.1 Å². The summed E-state index contributed by atoms with van der Waals surface area (Å²) in [7, 11) is 0. The van der Waals surface area contributed by atoms with Crippen LogP contribution in [-0.4, -0.2) is 9.49 Å². The first-order chi connectivity index (χ1) is 7.17. The number of rotatable bonds is 5. The molecule has 1 aromatic heterocycles. The minimum Gasteiger partial charge on any atom is -0.354 e. The van der Waals surface area contributed by atoms with Gasteiger partial charge in [0.05, 0.1) is 4.92 Å². The van der Waals surface area contributed by atoms with Crippen LogP contribution in [0.15, 0.2) is 24.2 Å². The second kappa shape index (κ2) is 5.34. The molecule has 15 heavy (non-hydrogen) atoms. The zero-order valence-electron chi connectivity index (χ0n) is 9.14. The molecule has 1 rings (SSSR count). The van der Waals surface area contributed by atoms with Crippen molar-refractivity contribution in [2.45, 2.75) is 33.2 Å². The van der Waals surface area contributed by atoms with Crippen LogP contribution in [0.3, 0.4) is 0 Å². The van der Waals surface area contributed by atoms with Crippen LogP contribution in [0.2, 0.25) is 0 Å². The highest BCUT2D eigenvalue weighted by Crippen LogP contribution is 2.11. The Bertz CT molecular complexity index is 366. The molecule has 0 saturated heterocycles. The predicted octanol–water partition coefficient (Wildman–Crippen LogP) is 2.93. The number of hydrogen-bond donors (Lipinski definition) is 0. The Labute approximate surface area is 89.4 Å². The monoisotopic (exact) mass is 208 g/mol. The van der Waals surface area contributed by atoms with E-state index in [1.807, 2.05) is 23.0 Å². The second-order valence-corrected chi connectivity index (χ2v) is 3.43. The normalized spacial score (nSPS) is 11.7. The molecule has 0 aliphatic heterocycles. The molecule has 0 unspecified atom stereocenters. The fourth-order valence-corrected chi connectivity index (χ4v) is 1.42. The largest absolute Gasteiger partial charge is 0.354 e. The van der Waals surface area contributed by atoms with E-state index < -0.39 is 0 Å². The lowest BCUT2D eigenvalue weighted by Crippen LogP contribution is -1.96. The maximum Gasteiger partial charge on any atom is 0.246 e. The SMILES string of the molecule is CCCn1ccc(C=C(CC)[N+](=O)[O-])c1. The molecule has 0 spiro atoms. The fraction of sp³-hybridized carbons (Fsp3) is 0.455. The van der Waals surface area contributed by atoms with Gasteiger partial charge in [-0.15, -0.1) is 0 Å². The van der Waals surface area contributed by atoms with E-state index in [-0.39, 0.29) is 10.6 Å². The summed E-state index contributed by atoms with van der Waals surface area (Å²) in [6.07, 6.45) is 7.02. The van der Waals surface area contributed by atoms with Crippen molar-refractivity contribution in [1.82, 2.24) is 4.57 Å². The molecule has 0 aromatic carbocycles. The summed E-state index contributed by atoms with van der Waals surface area (Å²) < 4.78 is 2.04. The van der Waals surface area contributed by atoms with Gasteiger partial charge in [0, 0.05) is 31.4 Å². The average Bonchev–Trinajstić information content (AvgIpc) is 2.62. The molecule has 4 heteroatoms. The molecule has 0 aliphatic rings. The molecule has 4 nitrogen and oxygen atoms in total. The molecule has 1 heterocycles. The maximum absolute atomic E-state index is 10.6. The van der Waals surface area contributed by atoms with Crippen LogP contribution in [0.25, 0.3) is 6.08 Å². The molecule has 0 radical (unpaired) electrons. The van der Waals surface area contributed by atoms with Gasteiger partial charge in [0.2, 0.25) is 5.70 Å². The second-order valence-electron chi connectivity index (χ2n) is 3.43. The van der Waals surface area contributed by atoms with E-state index in [4.69, 9.17) is 0 Å². The summed E-state index contributed by atoms with van der Waals surface area (Å²) in [4.78, 5) is 10.3. The van der Waals surface area contributed by atoms with Crippen molar-refractivity contribution in [3.8, 4) is 0 Å². The van der Waals surface area contributed by atoms with Crippen LogP contribution in [-0.2, 0) is 6.54 Å². The van der Waals surface area contributed by atoms with Crippen molar-refractivity contribution in [2.75, 3.05) is 0 Å². The highest BCUT2D eigenvalue weighted by atomic mass is 16.6. The first-order valence-electron chi connectivity index (χ1n) is 5.18. The zero-order chi connectivity index (χ0) is 11.3. The van der Waals surface area contributed by atoms with E-state index in [9.17, 15) is 10.1 Å². The van der Waals surface area contributed by atoms with Gasteiger partial charge in [-0.1, -0.05) is 13.8 Å². The van der Waals surface area contributed by atoms with Gasteiger partial charge >= 0.3 is 0 Å². The van der Waals surface area contributed by atoms with E-state index in [0.29, 0.717) is 6.42 Å². The third-order valence-corrected chi connectivity index (χ3v) is 2.19. The van der Waals surface area contributed by atoms with E-state index in [1.165, 1.54) is 0 Å². The fourth-order valence-electron chi connectivity index (χ4n) is 1.42. The van der Waals surface area contributed by atoms with Crippen molar-refractivity contribution in [1.29, 1.82) is 0 Å². The molecular formula is C11H16N2O2. The standard InChI is InChI=1S/C11H16N2O2/c1-3-6-12-7-5-10(9-12)8-11(4-2)13(14)15/h5,7-9H,3-4,6H2,1-2H3. The molecule has 0 atom stereocenters. The van der Waals surface area contributed by atoms with Gasteiger partial charge in [0.15, 0.2) is 0 Å². The number of aromatic nitrogens is 1. The Morgan fingerprint density at radius 2 is 2.33 bits per heavy atom. The lowest BCUT2D eigenvalue weighted by molar-refractivity contribution is -0.425. The summed E-state index contributed by atoms with van der Waals surface area (Å²) in [5.74, 6) is 0. The highest BCUT2D eigenvalue weighted by Gasteiger charge is 2.07. The number of nitrogens with zero attached hydrogens (tertiary/aromatic N) is 2. The highest BCUT2D eigenvalue weighted by molar-refractivity contribution is 5.49. The van der Waals surface area contributed by atoms with Crippen LogP contribution in [0.4, 0.5) is 0 Å². The summed E-state index contributed by atoms with van der Waals surface area (Å²) in [6, 6.07) is 1.90. The molecule has 0 N–H and O–H groups in total. The van der Waals surface area contributed by atoms with Gasteiger partial charge in [-0.05, 0) is 18.1 Å². The van der Waals surface area contributed by atoms with Crippen LogP contribution in [0.5, 0.6) is 0 Å². The summed E-state index contributed by atoms with van der Waals surface area (Å²) in [5.41, 5.74) is 1.15. The van der Waals surface area contributed by atoms with Gasteiger partial charge in [-0.2, -0.15) is 0 Å². The minimum absolute atomic E-state index is 0.254. The summed E-state index contributed by atoms with van der Waals surface area (Å²) >= 11 is 0. The summed E-state index contributed by atoms with van der Waals surface area (Å²) in [5, 5.41) is 10.6. The van der Waals surface area contributed by atoms with E-state index in [2.05, 4.69) is 6.92 Å². The van der Waals surface area contributed by atoms with Crippen molar-refractivity contribution in [2.24, 2.45) is 0 Å². The van der Waals surface area contributed by atoms with Crippen LogP contribution < -0.4 is 0 Å². The topological polar surface area (TPSA) is 48.1 Å². The van der Waals surface area contributed by atoms with Crippen molar-refractivity contribution >= 4 is 6.08 Å². The number of allylic oxidation sites excluding steroid dienone is 1. The van der Waals surface area contributed by atoms with E-state index in [1.54, 1.807) is 13.0 Å². The first-order valence-corrected chi connectivity index (χ1v) is 5.18. The van der Waals surface area contributed by atoms with Crippen molar-refractivity contribution in [3.63, 3.8) is 0 Å². The minimum atomic E-state index is -0.322. The third-order valence-electron chi connectivity index (χ3n) is 2.19. The molecule has 0 bridgehead atoms. The third kappa shape index (κ3) is 3.23. The van der Waals surface area contributed by atoms with Crippen molar-refractivity contribution in [3.05, 3.63) is 39.8 Å². The zero-order valence-corrected chi connectivity index (χ0v) is 9.14. The van der Waals surface area contributed by atoms with Crippen LogP contribution in [0, 0.1) is 10.1 Å². The van der Waals surface area contributed by atoms with E-state index >= 15 is 0 Å². The smallest absolute Gasteiger partial charge is 0.246 e. The molecule has 0 fully saturated rings. The maximum atomic E-state index is 10.6. The Kier molecular flexibility index (Phi) is 4.09. The predicted molar refractivity (Wildman–Crippen MR) is 60.0 cm³/mol. The number of hydrogen-bond acceptors (Lipinski definition) is 2. The quantitative estimate of drug-likeness (QED) is 0.551. The van der Waals surface area contributed by atoms with Crippen LogP contribution in [0.1, 0.15) is 32.3 Å². The summed E-state index contributed by atoms with van der Waals surface area (Å²) in [6.45, 7) is 4.84. The Hall–Kier alpha value is -1.58. The lowest BCUT2D eigenvalue weighted by atomic mass is 10.2. The Morgan fingerprint density at radius 1 is 1.60 bits per heavy atom. The van der Waals surface area contributed by atoms with Gasteiger partial charge < -0.3 is 4.57 Å². The molecule has 0 amide bonds. The average molecular weight is 208 g/mol. The first kappa shape index (κ1) is 11.5. The van der Waals surface area contributed by atoms with Gasteiger partial charge in [0.25, 0.3) is 0 Å². The van der Waals surface area contributed by atoms with Gasteiger partial charge in [0.1, 0.15) is 0 Å². The Balaban J connectivity index is 2.82. The molecule has 82 valence electrons. The van der Waals surface area contributed by atoms with Gasteiger partial charge in [-0.25, -0.2) is 0 Å². The van der Waals surface area contributed by atoms with Crippen LogP contribution >= 0.6 is 0 Å². The molecular weight excluding hydrogens is 192 g/mol. The molecule has 1 aromatic rings. The Morgan fingerprint density at radius 3 is 2.87 bits per heavy atom. The lowest BCUT2D eigenvalue weighted by Gasteiger charge is -1.96. The molecule has 0 aliphatic carbocycles. The number of aryl methyl sites for hydroxylation is 1. The molecule has 0 saturated carbocycles. The van der Waals surface area contributed by atoms with Crippen molar-refractivity contribution < 1.29 is 4.92 Å². The number of nitro groups is 1.